The first-order valence-electron chi connectivity index (χ1n) is 7.58. The topological polar surface area (TPSA) is 54.4 Å². The molecule has 0 aliphatic heterocycles. The Balaban J connectivity index is 3.24. The van der Waals surface area contributed by atoms with Crippen LogP contribution in [0.3, 0.4) is 0 Å². The molecule has 0 bridgehead atoms. The fraction of sp³-hybridized carbons (Fsp3) is 0.750. The van der Waals surface area contributed by atoms with Gasteiger partial charge in [0.25, 0.3) is 0 Å². The molecule has 0 unspecified atom stereocenters. The summed E-state index contributed by atoms with van der Waals surface area (Å²) in [6, 6.07) is 0. The molecule has 0 aliphatic rings. The molecular weight excluding hydrogens is 240 g/mol. The lowest BCUT2D eigenvalue weighted by molar-refractivity contribution is -0.139. The molecule has 19 heavy (non-hydrogen) atoms. The van der Waals surface area contributed by atoms with Crippen LogP contribution in [0.15, 0.2) is 12.2 Å². The monoisotopic (exact) mass is 268 g/mol. The van der Waals surface area contributed by atoms with Crippen LogP contribution in [-0.2, 0) is 9.59 Å². The first kappa shape index (κ1) is 17.9. The third-order valence-electron chi connectivity index (χ3n) is 3.10. The molecule has 0 fully saturated rings. The summed E-state index contributed by atoms with van der Waals surface area (Å²) in [4.78, 5) is 21.3. The second-order valence-corrected chi connectivity index (χ2v) is 5.06. The molecular formula is C16H28O3. The Labute approximate surface area is 117 Å². The molecule has 0 saturated carbocycles. The van der Waals surface area contributed by atoms with Gasteiger partial charge in [-0.1, -0.05) is 64.4 Å². The predicted molar refractivity (Wildman–Crippen MR) is 78.2 cm³/mol. The Bertz CT molecular complexity index is 269. The van der Waals surface area contributed by atoms with Crippen LogP contribution in [-0.4, -0.2) is 16.9 Å². The Morgan fingerprint density at radius 3 is 1.95 bits per heavy atom. The average Bonchev–Trinajstić information content (AvgIpc) is 2.35. The van der Waals surface area contributed by atoms with E-state index in [0.29, 0.717) is 0 Å². The number of carboxylic acid groups (broad SMARTS) is 1. The first-order chi connectivity index (χ1) is 9.16. The largest absolute Gasteiger partial charge is 0.481 e. The van der Waals surface area contributed by atoms with E-state index in [1.807, 2.05) is 0 Å². The quantitative estimate of drug-likeness (QED) is 0.304. The lowest BCUT2D eigenvalue weighted by Gasteiger charge is -2.00. The minimum Gasteiger partial charge on any atom is -0.481 e. The van der Waals surface area contributed by atoms with Crippen molar-refractivity contribution < 1.29 is 14.7 Å². The molecule has 110 valence electrons. The molecule has 1 N–H and O–H groups in total. The molecule has 3 nitrogen and oxygen atoms in total. The van der Waals surface area contributed by atoms with Gasteiger partial charge in [0, 0.05) is 0 Å². The van der Waals surface area contributed by atoms with Gasteiger partial charge in [0.2, 0.25) is 0 Å². The Kier molecular flexibility index (Phi) is 12.5. The molecule has 0 rings (SSSR count). The molecule has 0 spiro atoms. The number of rotatable bonds is 13. The van der Waals surface area contributed by atoms with Crippen molar-refractivity contribution >= 4 is 11.8 Å². The number of carbonyl (C=O) groups excluding carboxylic acids is 1. The molecule has 0 atom stereocenters. The average molecular weight is 268 g/mol. The van der Waals surface area contributed by atoms with Crippen molar-refractivity contribution in [3.8, 4) is 0 Å². The lowest BCUT2D eigenvalue weighted by Crippen LogP contribution is -2.02. The highest BCUT2D eigenvalue weighted by molar-refractivity contribution is 6.01. The summed E-state index contributed by atoms with van der Waals surface area (Å²) in [5.74, 6) is -1.37. The minimum absolute atomic E-state index is 0.316. The normalized spacial score (nSPS) is 11.0. The van der Waals surface area contributed by atoms with Crippen LogP contribution in [0.2, 0.25) is 0 Å². The maximum absolute atomic E-state index is 11.0. The Morgan fingerprint density at radius 2 is 1.42 bits per heavy atom. The van der Waals surface area contributed by atoms with Crippen molar-refractivity contribution in [3.05, 3.63) is 12.2 Å². The van der Waals surface area contributed by atoms with E-state index in [9.17, 15) is 9.59 Å². The zero-order valence-electron chi connectivity index (χ0n) is 12.2. The molecule has 0 aromatic heterocycles. The van der Waals surface area contributed by atoms with Crippen LogP contribution in [0.1, 0.15) is 77.6 Å². The van der Waals surface area contributed by atoms with Crippen molar-refractivity contribution in [2.24, 2.45) is 0 Å². The van der Waals surface area contributed by atoms with E-state index in [-0.39, 0.29) is 5.78 Å². The Hall–Kier alpha value is -1.12. The number of hydrogen-bond acceptors (Lipinski definition) is 2. The zero-order chi connectivity index (χ0) is 14.3. The van der Waals surface area contributed by atoms with Crippen LogP contribution >= 0.6 is 0 Å². The predicted octanol–water partition coefficient (Wildman–Crippen LogP) is 4.51. The molecule has 0 amide bonds. The van der Waals surface area contributed by atoms with Gasteiger partial charge in [-0.3, -0.25) is 9.59 Å². The number of carbonyl (C=O) groups is 2. The summed E-state index contributed by atoms with van der Waals surface area (Å²) in [7, 11) is 0. The van der Waals surface area contributed by atoms with Gasteiger partial charge in [-0.2, -0.15) is 0 Å². The fourth-order valence-corrected chi connectivity index (χ4v) is 2.00. The van der Waals surface area contributed by atoms with Gasteiger partial charge >= 0.3 is 5.97 Å². The van der Waals surface area contributed by atoms with Crippen molar-refractivity contribution in [1.82, 2.24) is 0 Å². The Morgan fingerprint density at radius 1 is 0.895 bits per heavy atom. The van der Waals surface area contributed by atoms with E-state index < -0.39 is 12.4 Å². The second-order valence-electron chi connectivity index (χ2n) is 5.06. The number of ketones is 1. The van der Waals surface area contributed by atoms with E-state index in [1.54, 1.807) is 6.08 Å². The summed E-state index contributed by atoms with van der Waals surface area (Å²) < 4.78 is 0. The number of aliphatic carboxylic acids is 1. The van der Waals surface area contributed by atoms with Crippen molar-refractivity contribution in [2.45, 2.75) is 77.6 Å². The van der Waals surface area contributed by atoms with Gasteiger partial charge in [0.15, 0.2) is 5.78 Å². The van der Waals surface area contributed by atoms with Gasteiger partial charge in [-0.15, -0.1) is 0 Å². The van der Waals surface area contributed by atoms with Gasteiger partial charge in [-0.05, 0) is 18.9 Å². The maximum Gasteiger partial charge on any atom is 0.311 e. The van der Waals surface area contributed by atoms with Crippen LogP contribution in [0.25, 0.3) is 0 Å². The number of allylic oxidation sites excluding steroid dienone is 2. The van der Waals surface area contributed by atoms with Crippen molar-refractivity contribution in [1.29, 1.82) is 0 Å². The highest BCUT2D eigenvalue weighted by Crippen LogP contribution is 2.10. The molecule has 0 radical (unpaired) electrons. The molecule has 3 heteroatoms. The minimum atomic E-state index is -1.06. The van der Waals surface area contributed by atoms with E-state index >= 15 is 0 Å². The summed E-state index contributed by atoms with van der Waals surface area (Å²) in [6.45, 7) is 2.23. The molecule has 0 aromatic rings. The van der Waals surface area contributed by atoms with Crippen LogP contribution < -0.4 is 0 Å². The van der Waals surface area contributed by atoms with Gasteiger partial charge in [-0.25, -0.2) is 0 Å². The number of unbranched alkanes of at least 4 members (excludes halogenated alkanes) is 9. The standard InChI is InChI=1S/C16H28O3/c1-2-3-4-5-6-7-8-9-10-11-12-13-15(17)14-16(18)19/h12-13H,2-11,14H2,1H3,(H,18,19). The van der Waals surface area contributed by atoms with Crippen LogP contribution in [0.5, 0.6) is 0 Å². The summed E-state index contributed by atoms with van der Waals surface area (Å²) >= 11 is 0. The summed E-state index contributed by atoms with van der Waals surface area (Å²) in [5.41, 5.74) is 0. The third-order valence-corrected chi connectivity index (χ3v) is 3.10. The third kappa shape index (κ3) is 14.8. The lowest BCUT2D eigenvalue weighted by atomic mass is 10.1. The highest BCUT2D eigenvalue weighted by Gasteiger charge is 2.02. The number of hydrogen-bond donors (Lipinski definition) is 1. The van der Waals surface area contributed by atoms with E-state index in [0.717, 1.165) is 12.8 Å². The molecule has 0 aromatic carbocycles. The smallest absolute Gasteiger partial charge is 0.311 e. The number of carboxylic acids is 1. The maximum atomic E-state index is 11.0. The van der Waals surface area contributed by atoms with E-state index in [4.69, 9.17) is 5.11 Å². The van der Waals surface area contributed by atoms with Crippen molar-refractivity contribution in [2.75, 3.05) is 0 Å². The highest BCUT2D eigenvalue weighted by atomic mass is 16.4. The van der Waals surface area contributed by atoms with Gasteiger partial charge in [0.1, 0.15) is 6.42 Å². The van der Waals surface area contributed by atoms with Crippen LogP contribution in [0, 0.1) is 0 Å². The fourth-order valence-electron chi connectivity index (χ4n) is 2.00. The SMILES string of the molecule is CCCCCCCCCCCC=CC(=O)CC(=O)O. The summed E-state index contributed by atoms with van der Waals surface area (Å²) in [5, 5.41) is 8.41. The molecule has 0 aliphatic carbocycles. The van der Waals surface area contributed by atoms with Crippen LogP contribution in [0.4, 0.5) is 0 Å². The molecule has 0 heterocycles. The van der Waals surface area contributed by atoms with Gasteiger partial charge < -0.3 is 5.11 Å². The van der Waals surface area contributed by atoms with Gasteiger partial charge in [0.05, 0.1) is 0 Å². The molecule has 0 saturated heterocycles. The van der Waals surface area contributed by atoms with Crippen molar-refractivity contribution in [3.63, 3.8) is 0 Å². The summed E-state index contributed by atoms with van der Waals surface area (Å²) in [6.07, 6.45) is 15.3. The first-order valence-corrected chi connectivity index (χ1v) is 7.58. The van der Waals surface area contributed by atoms with E-state index in [1.165, 1.54) is 57.4 Å². The second kappa shape index (κ2) is 13.3. The van der Waals surface area contributed by atoms with E-state index in [2.05, 4.69) is 6.92 Å². The zero-order valence-corrected chi connectivity index (χ0v) is 12.2.